The molecule has 1 atom stereocenters. The zero-order valence-electron chi connectivity index (χ0n) is 19.3. The van der Waals surface area contributed by atoms with Gasteiger partial charge in [-0.25, -0.2) is 4.52 Å². The Hall–Kier alpha value is -4.54. The molecule has 5 rings (SSSR count). The van der Waals surface area contributed by atoms with Crippen LogP contribution in [0.4, 0.5) is 0 Å². The molecule has 1 unspecified atom stereocenters. The van der Waals surface area contributed by atoms with Crippen molar-refractivity contribution in [3.63, 3.8) is 0 Å². The van der Waals surface area contributed by atoms with Crippen molar-refractivity contribution in [2.24, 2.45) is 7.05 Å². The standard InChI is InChI=1S/C28H24N6O/c1-33-18-24(16-31-33)23-11-12-26-25(17-32-34(26)19-23)28(35)27(22-5-3-2-4-6-22)30-14-13-20-7-9-21(15-29)10-8-20/h2-12,16-19,27,30H,13-14H2,1H3. The highest BCUT2D eigenvalue weighted by molar-refractivity contribution is 6.06. The van der Waals surface area contributed by atoms with Crippen LogP contribution >= 0.6 is 0 Å². The summed E-state index contributed by atoms with van der Waals surface area (Å²) in [7, 11) is 1.88. The van der Waals surface area contributed by atoms with Crippen molar-refractivity contribution in [1.29, 1.82) is 5.26 Å². The molecule has 7 nitrogen and oxygen atoms in total. The number of carbonyl (C=O) groups is 1. The van der Waals surface area contributed by atoms with Crippen molar-refractivity contribution < 1.29 is 4.79 Å². The Kier molecular flexibility index (Phi) is 6.20. The third kappa shape index (κ3) is 4.74. The highest BCUT2D eigenvalue weighted by atomic mass is 16.1. The predicted octanol–water partition coefficient (Wildman–Crippen LogP) is 4.36. The third-order valence-electron chi connectivity index (χ3n) is 6.06. The Morgan fingerprint density at radius 1 is 0.971 bits per heavy atom. The number of nitriles is 1. The van der Waals surface area contributed by atoms with Crippen molar-refractivity contribution in [3.8, 4) is 17.2 Å². The number of hydrogen-bond acceptors (Lipinski definition) is 5. The molecule has 172 valence electrons. The molecule has 0 radical (unpaired) electrons. The van der Waals surface area contributed by atoms with Crippen LogP contribution in [0, 0.1) is 11.3 Å². The number of fused-ring (bicyclic) bond motifs is 1. The highest BCUT2D eigenvalue weighted by Crippen LogP contribution is 2.24. The van der Waals surface area contributed by atoms with Gasteiger partial charge >= 0.3 is 0 Å². The number of ketones is 1. The van der Waals surface area contributed by atoms with Gasteiger partial charge in [0.25, 0.3) is 0 Å². The van der Waals surface area contributed by atoms with E-state index in [0.29, 0.717) is 17.7 Å². The number of hydrogen-bond donors (Lipinski definition) is 1. The summed E-state index contributed by atoms with van der Waals surface area (Å²) >= 11 is 0. The molecule has 5 aromatic rings. The van der Waals surface area contributed by atoms with E-state index in [2.05, 4.69) is 21.6 Å². The van der Waals surface area contributed by atoms with Crippen LogP contribution in [0.25, 0.3) is 16.6 Å². The Morgan fingerprint density at radius 3 is 2.49 bits per heavy atom. The smallest absolute Gasteiger partial charge is 0.188 e. The second-order valence-corrected chi connectivity index (χ2v) is 8.43. The first-order chi connectivity index (χ1) is 17.1. The summed E-state index contributed by atoms with van der Waals surface area (Å²) in [6.07, 6.45) is 8.05. The average Bonchev–Trinajstić information content (AvgIpc) is 3.53. The Balaban J connectivity index is 1.39. The van der Waals surface area contributed by atoms with Crippen molar-refractivity contribution in [3.05, 3.63) is 114 Å². The molecule has 0 aliphatic carbocycles. The van der Waals surface area contributed by atoms with Gasteiger partial charge < -0.3 is 5.32 Å². The zero-order chi connectivity index (χ0) is 24.2. The lowest BCUT2D eigenvalue weighted by atomic mass is 9.97. The number of nitrogens with one attached hydrogen (secondary N) is 1. The van der Waals surface area contributed by atoms with Crippen molar-refractivity contribution in [2.75, 3.05) is 6.54 Å². The molecule has 0 amide bonds. The van der Waals surface area contributed by atoms with Gasteiger partial charge in [-0.15, -0.1) is 0 Å². The molecule has 1 N–H and O–H groups in total. The number of rotatable bonds is 8. The predicted molar refractivity (Wildman–Crippen MR) is 134 cm³/mol. The minimum absolute atomic E-state index is 0.0276. The maximum atomic E-state index is 13.7. The summed E-state index contributed by atoms with van der Waals surface area (Å²) in [5.74, 6) is -0.0276. The maximum absolute atomic E-state index is 13.7. The lowest BCUT2D eigenvalue weighted by Crippen LogP contribution is -2.30. The normalized spacial score (nSPS) is 11.9. The monoisotopic (exact) mass is 460 g/mol. The first kappa shape index (κ1) is 22.3. The van der Waals surface area contributed by atoms with E-state index >= 15 is 0 Å². The average molecular weight is 461 g/mol. The van der Waals surface area contributed by atoms with Gasteiger partial charge in [0.05, 0.1) is 41.1 Å². The molecule has 0 aliphatic rings. The fourth-order valence-electron chi connectivity index (χ4n) is 4.18. The van der Waals surface area contributed by atoms with E-state index in [0.717, 1.165) is 34.2 Å². The SMILES string of the molecule is Cn1cc(-c2ccc3c(C(=O)C(NCCc4ccc(C#N)cc4)c4ccccc4)cnn3c2)cn1. The molecule has 3 aromatic heterocycles. The third-order valence-corrected chi connectivity index (χ3v) is 6.06. The van der Waals surface area contributed by atoms with Crippen LogP contribution in [0.2, 0.25) is 0 Å². The van der Waals surface area contributed by atoms with E-state index in [1.54, 1.807) is 21.6 Å². The molecule has 0 bridgehead atoms. The molecular formula is C28H24N6O. The summed E-state index contributed by atoms with van der Waals surface area (Å²) in [6.45, 7) is 0.613. The van der Waals surface area contributed by atoms with Crippen LogP contribution in [-0.4, -0.2) is 31.7 Å². The second kappa shape index (κ2) is 9.75. The number of Topliss-reactive ketones (excluding diaryl/α,β-unsaturated/α-hetero) is 1. The molecular weight excluding hydrogens is 436 g/mol. The van der Waals surface area contributed by atoms with Gasteiger partial charge in [-0.2, -0.15) is 15.5 Å². The van der Waals surface area contributed by atoms with Crippen LogP contribution in [-0.2, 0) is 13.5 Å². The molecule has 2 aromatic carbocycles. The van der Waals surface area contributed by atoms with Gasteiger partial charge in [-0.3, -0.25) is 9.48 Å². The number of nitrogens with zero attached hydrogens (tertiary/aromatic N) is 5. The fraction of sp³-hybridized carbons (Fsp3) is 0.143. The summed E-state index contributed by atoms with van der Waals surface area (Å²) in [6, 6.07) is 22.8. The summed E-state index contributed by atoms with van der Waals surface area (Å²) in [5.41, 5.74) is 5.95. The van der Waals surface area contributed by atoms with Gasteiger partial charge in [0.1, 0.15) is 0 Å². The Bertz CT molecular complexity index is 1510. The summed E-state index contributed by atoms with van der Waals surface area (Å²) in [4.78, 5) is 13.7. The molecule has 7 heteroatoms. The second-order valence-electron chi connectivity index (χ2n) is 8.43. The van der Waals surface area contributed by atoms with E-state index in [-0.39, 0.29) is 5.78 Å². The lowest BCUT2D eigenvalue weighted by Gasteiger charge is -2.18. The number of pyridine rings is 1. The van der Waals surface area contributed by atoms with Crippen LogP contribution in [0.3, 0.4) is 0 Å². The Labute approximate surface area is 203 Å². The zero-order valence-corrected chi connectivity index (χ0v) is 19.3. The van der Waals surface area contributed by atoms with Crippen molar-refractivity contribution >= 4 is 11.3 Å². The van der Waals surface area contributed by atoms with Crippen molar-refractivity contribution in [2.45, 2.75) is 12.5 Å². The maximum Gasteiger partial charge on any atom is 0.188 e. The van der Waals surface area contributed by atoms with Gasteiger partial charge in [-0.05, 0) is 35.7 Å². The first-order valence-corrected chi connectivity index (χ1v) is 11.4. The van der Waals surface area contributed by atoms with Crippen LogP contribution in [0.15, 0.2) is 91.5 Å². The first-order valence-electron chi connectivity index (χ1n) is 11.4. The van der Waals surface area contributed by atoms with E-state index in [9.17, 15) is 4.79 Å². The number of carbonyl (C=O) groups excluding carboxylic acids is 1. The summed E-state index contributed by atoms with van der Waals surface area (Å²) < 4.78 is 3.50. The van der Waals surface area contributed by atoms with E-state index in [1.165, 1.54) is 0 Å². The van der Waals surface area contributed by atoms with Gasteiger partial charge in [-0.1, -0.05) is 48.5 Å². The summed E-state index contributed by atoms with van der Waals surface area (Å²) in [5, 5.41) is 21.1. The molecule has 0 aliphatic heterocycles. The molecule has 0 spiro atoms. The lowest BCUT2D eigenvalue weighted by molar-refractivity contribution is 0.0945. The number of aromatic nitrogens is 4. The minimum Gasteiger partial charge on any atom is -0.303 e. The van der Waals surface area contributed by atoms with E-state index < -0.39 is 6.04 Å². The Morgan fingerprint density at radius 2 is 1.77 bits per heavy atom. The molecule has 0 saturated carbocycles. The van der Waals surface area contributed by atoms with Crippen LogP contribution in [0.5, 0.6) is 0 Å². The van der Waals surface area contributed by atoms with E-state index in [4.69, 9.17) is 5.26 Å². The quantitative estimate of drug-likeness (QED) is 0.348. The van der Waals surface area contributed by atoms with Crippen LogP contribution in [0.1, 0.15) is 33.1 Å². The highest BCUT2D eigenvalue weighted by Gasteiger charge is 2.24. The van der Waals surface area contributed by atoms with Gasteiger partial charge in [0, 0.05) is 37.1 Å². The largest absolute Gasteiger partial charge is 0.303 e. The topological polar surface area (TPSA) is 88.0 Å². The molecule has 0 fully saturated rings. The van der Waals surface area contributed by atoms with Gasteiger partial charge in [0.2, 0.25) is 0 Å². The van der Waals surface area contributed by atoms with Gasteiger partial charge in [0.15, 0.2) is 5.78 Å². The molecule has 0 saturated heterocycles. The van der Waals surface area contributed by atoms with Crippen molar-refractivity contribution in [1.82, 2.24) is 24.7 Å². The fourth-order valence-corrected chi connectivity index (χ4v) is 4.18. The molecule has 3 heterocycles. The van der Waals surface area contributed by atoms with E-state index in [1.807, 2.05) is 86.2 Å². The minimum atomic E-state index is -0.499. The number of benzene rings is 2. The number of aryl methyl sites for hydroxylation is 1. The molecule has 35 heavy (non-hydrogen) atoms. The van der Waals surface area contributed by atoms with Crippen LogP contribution < -0.4 is 5.32 Å².